The Bertz CT molecular complexity index is 574. The van der Waals surface area contributed by atoms with E-state index in [1.54, 1.807) is 6.07 Å². The number of benzene rings is 1. The van der Waals surface area contributed by atoms with E-state index < -0.39 is 18.1 Å². The van der Waals surface area contributed by atoms with Gasteiger partial charge in [-0.25, -0.2) is 4.79 Å². The van der Waals surface area contributed by atoms with Crippen LogP contribution in [0.15, 0.2) is 24.3 Å². The van der Waals surface area contributed by atoms with Crippen molar-refractivity contribution in [3.63, 3.8) is 0 Å². The number of carbonyl (C=O) groups excluding carboxylic acids is 1. The number of hydrogen-bond acceptors (Lipinski definition) is 4. The number of ether oxygens (including phenoxy) is 2. The highest BCUT2D eigenvalue weighted by Gasteiger charge is 2.42. The second kappa shape index (κ2) is 7.46. The van der Waals surface area contributed by atoms with Gasteiger partial charge in [-0.15, -0.1) is 0 Å². The van der Waals surface area contributed by atoms with E-state index in [0.29, 0.717) is 18.6 Å². The minimum atomic E-state index is -1.01. The molecule has 126 valence electrons. The lowest BCUT2D eigenvalue weighted by molar-refractivity contribution is -0.151. The molecule has 1 fully saturated rings. The maximum atomic E-state index is 12.7. The van der Waals surface area contributed by atoms with Gasteiger partial charge in [-0.3, -0.25) is 4.79 Å². The van der Waals surface area contributed by atoms with Crippen molar-refractivity contribution in [3.05, 3.63) is 29.8 Å². The highest BCUT2D eigenvalue weighted by Crippen LogP contribution is 2.23. The summed E-state index contributed by atoms with van der Waals surface area (Å²) in [6.07, 6.45) is -0.183. The molecule has 3 unspecified atom stereocenters. The van der Waals surface area contributed by atoms with Gasteiger partial charge in [0.15, 0.2) is 6.10 Å². The Morgan fingerprint density at radius 3 is 2.74 bits per heavy atom. The minimum absolute atomic E-state index is 0.253. The number of carboxylic acid groups (broad SMARTS) is 1. The van der Waals surface area contributed by atoms with Crippen LogP contribution in [0.2, 0.25) is 0 Å². The van der Waals surface area contributed by atoms with Crippen molar-refractivity contribution in [2.24, 2.45) is 0 Å². The smallest absolute Gasteiger partial charge is 0.326 e. The molecule has 1 aliphatic heterocycles. The van der Waals surface area contributed by atoms with Crippen LogP contribution in [0.4, 0.5) is 0 Å². The average Bonchev–Trinajstić information content (AvgIpc) is 2.96. The van der Waals surface area contributed by atoms with Crippen LogP contribution in [0.25, 0.3) is 0 Å². The first kappa shape index (κ1) is 17.3. The molecule has 6 heteroatoms. The number of aliphatic carboxylic acids is 1. The number of methoxy groups -OCH3 is 1. The Hall–Kier alpha value is -2.08. The number of rotatable bonds is 6. The Morgan fingerprint density at radius 1 is 1.43 bits per heavy atom. The van der Waals surface area contributed by atoms with Crippen molar-refractivity contribution in [2.75, 3.05) is 13.7 Å². The summed E-state index contributed by atoms with van der Waals surface area (Å²) >= 11 is 0. The van der Waals surface area contributed by atoms with E-state index in [9.17, 15) is 14.7 Å². The normalized spacial score (nSPS) is 22.0. The molecule has 0 bridgehead atoms. The molecule has 1 amide bonds. The second-order valence-corrected chi connectivity index (χ2v) is 5.77. The molecule has 1 N–H and O–H groups in total. The molecule has 1 saturated heterocycles. The van der Waals surface area contributed by atoms with Crippen LogP contribution in [0.5, 0.6) is 5.75 Å². The molecule has 1 aromatic carbocycles. The lowest BCUT2D eigenvalue weighted by atomic mass is 10.2. The fourth-order valence-electron chi connectivity index (χ4n) is 2.79. The molecule has 1 aromatic rings. The van der Waals surface area contributed by atoms with Gasteiger partial charge >= 0.3 is 5.97 Å². The third kappa shape index (κ3) is 4.01. The summed E-state index contributed by atoms with van der Waals surface area (Å²) < 4.78 is 11.0. The number of carbonyl (C=O) groups is 2. The second-order valence-electron chi connectivity index (χ2n) is 5.77. The van der Waals surface area contributed by atoms with E-state index >= 15 is 0 Å². The maximum Gasteiger partial charge on any atom is 0.326 e. The molecule has 3 atom stereocenters. The van der Waals surface area contributed by atoms with Gasteiger partial charge < -0.3 is 19.5 Å². The van der Waals surface area contributed by atoms with Gasteiger partial charge in [0.25, 0.3) is 5.91 Å². The number of carboxylic acids is 1. The standard InChI is InChI=1S/C17H23NO5/c1-4-15(23-12-7-5-6-11(2)8-12)16(19)18-10-13(22-3)9-14(18)17(20)21/h5-8,13-15H,4,9-10H2,1-3H3,(H,20,21). The van der Waals surface area contributed by atoms with Crippen molar-refractivity contribution in [3.8, 4) is 5.75 Å². The largest absolute Gasteiger partial charge is 0.481 e. The van der Waals surface area contributed by atoms with Crippen molar-refractivity contribution in [1.29, 1.82) is 0 Å². The van der Waals surface area contributed by atoms with Crippen molar-refractivity contribution >= 4 is 11.9 Å². The molecule has 2 rings (SSSR count). The highest BCUT2D eigenvalue weighted by molar-refractivity contribution is 5.87. The van der Waals surface area contributed by atoms with Crippen molar-refractivity contribution in [1.82, 2.24) is 4.90 Å². The van der Waals surface area contributed by atoms with Gasteiger partial charge in [0.05, 0.1) is 6.10 Å². The summed E-state index contributed by atoms with van der Waals surface area (Å²) in [4.78, 5) is 25.5. The quantitative estimate of drug-likeness (QED) is 0.865. The Kier molecular flexibility index (Phi) is 5.60. The SMILES string of the molecule is CCC(Oc1cccc(C)c1)C(=O)N1CC(OC)CC1C(=O)O. The van der Waals surface area contributed by atoms with E-state index in [1.165, 1.54) is 12.0 Å². The molecular weight excluding hydrogens is 298 g/mol. The summed E-state index contributed by atoms with van der Waals surface area (Å²) in [5.74, 6) is -0.705. The zero-order valence-electron chi connectivity index (χ0n) is 13.7. The molecule has 23 heavy (non-hydrogen) atoms. The van der Waals surface area contributed by atoms with Gasteiger partial charge in [-0.1, -0.05) is 19.1 Å². The molecular formula is C17H23NO5. The summed E-state index contributed by atoms with van der Waals surface area (Å²) in [5.41, 5.74) is 1.04. The molecule has 6 nitrogen and oxygen atoms in total. The number of likely N-dealkylation sites (tertiary alicyclic amines) is 1. The molecule has 1 aliphatic rings. The summed E-state index contributed by atoms with van der Waals surface area (Å²) in [7, 11) is 1.53. The zero-order chi connectivity index (χ0) is 17.0. The van der Waals surface area contributed by atoms with Crippen LogP contribution in [0, 0.1) is 6.92 Å². The highest BCUT2D eigenvalue weighted by atomic mass is 16.5. The maximum absolute atomic E-state index is 12.7. The molecule has 0 spiro atoms. The minimum Gasteiger partial charge on any atom is -0.481 e. The predicted octanol–water partition coefficient (Wildman–Crippen LogP) is 1.85. The van der Waals surface area contributed by atoms with Crippen molar-refractivity contribution in [2.45, 2.75) is 44.9 Å². The van der Waals surface area contributed by atoms with E-state index in [0.717, 1.165) is 5.56 Å². The fourth-order valence-corrected chi connectivity index (χ4v) is 2.79. The molecule has 0 radical (unpaired) electrons. The van der Waals surface area contributed by atoms with Gasteiger partial charge in [0.1, 0.15) is 11.8 Å². The van der Waals surface area contributed by atoms with Crippen LogP contribution in [-0.2, 0) is 14.3 Å². The van der Waals surface area contributed by atoms with Gasteiger partial charge in [-0.2, -0.15) is 0 Å². The van der Waals surface area contributed by atoms with Crippen LogP contribution in [0.1, 0.15) is 25.3 Å². The van der Waals surface area contributed by atoms with E-state index in [1.807, 2.05) is 32.0 Å². The third-order valence-electron chi connectivity index (χ3n) is 4.08. The van der Waals surface area contributed by atoms with Gasteiger partial charge in [0.2, 0.25) is 0 Å². The van der Waals surface area contributed by atoms with Crippen LogP contribution >= 0.6 is 0 Å². The van der Waals surface area contributed by atoms with Gasteiger partial charge in [-0.05, 0) is 31.0 Å². The predicted molar refractivity (Wildman–Crippen MR) is 84.4 cm³/mol. The Labute approximate surface area is 136 Å². The first-order valence-electron chi connectivity index (χ1n) is 7.75. The van der Waals surface area contributed by atoms with Crippen LogP contribution < -0.4 is 4.74 Å². The Balaban J connectivity index is 2.13. The lowest BCUT2D eigenvalue weighted by Crippen LogP contribution is -2.47. The van der Waals surface area contributed by atoms with Crippen LogP contribution in [-0.4, -0.2) is 53.8 Å². The first-order chi connectivity index (χ1) is 11.0. The topological polar surface area (TPSA) is 76.1 Å². The van der Waals surface area contributed by atoms with Crippen LogP contribution in [0.3, 0.4) is 0 Å². The Morgan fingerprint density at radius 2 is 2.17 bits per heavy atom. The molecule has 1 heterocycles. The number of hydrogen-bond donors (Lipinski definition) is 1. The molecule has 0 saturated carbocycles. The monoisotopic (exact) mass is 321 g/mol. The fraction of sp³-hybridized carbons (Fsp3) is 0.529. The average molecular weight is 321 g/mol. The first-order valence-corrected chi connectivity index (χ1v) is 7.75. The molecule has 0 aliphatic carbocycles. The third-order valence-corrected chi connectivity index (χ3v) is 4.08. The van der Waals surface area contributed by atoms with E-state index in [4.69, 9.17) is 9.47 Å². The molecule has 0 aromatic heterocycles. The summed E-state index contributed by atoms with van der Waals surface area (Å²) in [6.45, 7) is 4.07. The zero-order valence-corrected chi connectivity index (χ0v) is 13.7. The summed E-state index contributed by atoms with van der Waals surface area (Å²) in [5, 5.41) is 9.34. The number of nitrogens with zero attached hydrogens (tertiary/aromatic N) is 1. The van der Waals surface area contributed by atoms with Crippen molar-refractivity contribution < 1.29 is 24.2 Å². The number of aryl methyl sites for hydroxylation is 1. The summed E-state index contributed by atoms with van der Waals surface area (Å²) in [6, 6.07) is 6.59. The number of amides is 1. The van der Waals surface area contributed by atoms with Gasteiger partial charge in [0, 0.05) is 20.1 Å². The lowest BCUT2D eigenvalue weighted by Gasteiger charge is -2.26. The van der Waals surface area contributed by atoms with E-state index in [2.05, 4.69) is 0 Å². The van der Waals surface area contributed by atoms with E-state index in [-0.39, 0.29) is 18.6 Å².